The first kappa shape index (κ1) is 28.5. The lowest BCUT2D eigenvalue weighted by Gasteiger charge is -2.14. The first-order valence-electron chi connectivity index (χ1n) is 10.6. The molecule has 0 fully saturated rings. The van der Waals surface area contributed by atoms with Crippen molar-refractivity contribution in [3.05, 3.63) is 30.4 Å². The van der Waals surface area contributed by atoms with Gasteiger partial charge in [0.15, 0.2) is 5.82 Å². The molecule has 0 atom stereocenters. The van der Waals surface area contributed by atoms with Crippen molar-refractivity contribution < 1.29 is 18.6 Å². The van der Waals surface area contributed by atoms with E-state index in [-0.39, 0.29) is 12.1 Å². The van der Waals surface area contributed by atoms with Gasteiger partial charge < -0.3 is 29.9 Å². The van der Waals surface area contributed by atoms with Crippen LogP contribution in [0.25, 0.3) is 0 Å². The molecule has 0 saturated carbocycles. The van der Waals surface area contributed by atoms with Crippen molar-refractivity contribution in [1.29, 1.82) is 0 Å². The second-order valence-corrected chi connectivity index (χ2v) is 8.27. The van der Waals surface area contributed by atoms with Crippen LogP contribution in [0.15, 0.2) is 33.7 Å². The molecule has 186 valence electrons. The number of amides is 4. The van der Waals surface area contributed by atoms with E-state index in [1.807, 2.05) is 31.9 Å². The summed E-state index contributed by atoms with van der Waals surface area (Å²) >= 11 is 2.75. The largest absolute Gasteiger partial charge is 0.364 e. The van der Waals surface area contributed by atoms with E-state index in [1.54, 1.807) is 12.3 Å². The minimum Gasteiger partial charge on any atom is -0.364 e. The lowest BCUT2D eigenvalue weighted by Crippen LogP contribution is -2.32. The highest BCUT2D eigenvalue weighted by molar-refractivity contribution is 7.98. The molecule has 33 heavy (non-hydrogen) atoms. The minimum absolute atomic E-state index is 0.131. The van der Waals surface area contributed by atoms with E-state index >= 15 is 0 Å². The molecule has 14 heteroatoms. The van der Waals surface area contributed by atoms with Gasteiger partial charge in [0.25, 0.3) is 0 Å². The number of nitrogens with one attached hydrogen (secondary N) is 5. The quantitative estimate of drug-likeness (QED) is 0.192. The summed E-state index contributed by atoms with van der Waals surface area (Å²) < 4.78 is 14.8. The van der Waals surface area contributed by atoms with Crippen LogP contribution in [0.4, 0.5) is 15.4 Å². The predicted molar refractivity (Wildman–Crippen MR) is 132 cm³/mol. The van der Waals surface area contributed by atoms with Gasteiger partial charge in [-0.1, -0.05) is 17.2 Å². The highest BCUT2D eigenvalue weighted by Crippen LogP contribution is 2.08. The maximum absolute atomic E-state index is 11.1. The lowest BCUT2D eigenvalue weighted by molar-refractivity contribution is 0.246. The number of hydrogen-bond donors (Lipinski definition) is 5. The third-order valence-electron chi connectivity index (χ3n) is 3.72. The van der Waals surface area contributed by atoms with Gasteiger partial charge in [-0.3, -0.25) is 9.44 Å². The van der Waals surface area contributed by atoms with Crippen LogP contribution in [0, 0.1) is 0 Å². The molecule has 0 aliphatic carbocycles. The number of urea groups is 2. The summed E-state index contributed by atoms with van der Waals surface area (Å²) in [6.07, 6.45) is 4.02. The van der Waals surface area contributed by atoms with Crippen molar-refractivity contribution in [3.63, 3.8) is 0 Å². The Hall–Kier alpha value is -2.58. The molecule has 0 bridgehead atoms. The Bertz CT molecular complexity index is 734. The molecule has 2 rings (SSSR count). The fourth-order valence-corrected chi connectivity index (χ4v) is 3.30. The summed E-state index contributed by atoms with van der Waals surface area (Å²) in [6.45, 7) is 7.49. The van der Waals surface area contributed by atoms with Gasteiger partial charge >= 0.3 is 12.1 Å². The molecular weight excluding hydrogens is 468 g/mol. The van der Waals surface area contributed by atoms with Crippen LogP contribution in [-0.4, -0.2) is 67.1 Å². The van der Waals surface area contributed by atoms with Crippen LogP contribution in [0.2, 0.25) is 0 Å². The van der Waals surface area contributed by atoms with Crippen molar-refractivity contribution in [2.45, 2.75) is 26.8 Å². The fourth-order valence-electron chi connectivity index (χ4n) is 2.07. The predicted octanol–water partition coefficient (Wildman–Crippen LogP) is 2.20. The van der Waals surface area contributed by atoms with E-state index < -0.39 is 0 Å². The Morgan fingerprint density at radius 1 is 0.970 bits per heavy atom. The van der Waals surface area contributed by atoms with Gasteiger partial charge in [0, 0.05) is 63.4 Å². The maximum Gasteiger partial charge on any atom is 0.324 e. The summed E-state index contributed by atoms with van der Waals surface area (Å²) in [6, 6.07) is 3.32. The second kappa shape index (κ2) is 18.9. The monoisotopic (exact) mass is 502 g/mol. The summed E-state index contributed by atoms with van der Waals surface area (Å²) in [4.78, 5) is 24.1. The lowest BCUT2D eigenvalue weighted by atomic mass is 10.4. The summed E-state index contributed by atoms with van der Waals surface area (Å²) in [7, 11) is 1.92. The maximum atomic E-state index is 11.1. The fraction of sp³-hybridized carbons (Fsp3) is 0.579. The SMILES string of the molecule is CCCNC(=O)NSCCNCc1ccon1.CCNC(=O)NSCCN(C)c1ccon1. The average molecular weight is 503 g/mol. The summed E-state index contributed by atoms with van der Waals surface area (Å²) in [5, 5.41) is 16.1. The summed E-state index contributed by atoms with van der Waals surface area (Å²) in [5.74, 6) is 2.37. The standard InChI is InChI=1S/C10H18N4O2S.C9H16N4O2S/c1-2-4-12-10(15)14-17-7-5-11-8-9-3-6-16-13-9;1-3-10-9(14)12-16-7-5-13(2)8-4-6-15-11-8/h3,6,11H,2,4-5,7-8H2,1H3,(H2,12,14,15);4,6H,3,5,7H2,1-2H3,(H2,10,12,14). The van der Waals surface area contributed by atoms with Gasteiger partial charge in [0.2, 0.25) is 0 Å². The minimum atomic E-state index is -0.156. The number of hydrogen-bond acceptors (Lipinski definition) is 10. The molecule has 2 heterocycles. The van der Waals surface area contributed by atoms with Crippen molar-refractivity contribution >= 4 is 41.8 Å². The van der Waals surface area contributed by atoms with Crippen LogP contribution >= 0.6 is 23.9 Å². The number of rotatable bonds is 14. The van der Waals surface area contributed by atoms with E-state index in [2.05, 4.69) is 35.7 Å². The van der Waals surface area contributed by atoms with E-state index in [0.29, 0.717) is 19.6 Å². The molecule has 0 aliphatic heterocycles. The van der Waals surface area contributed by atoms with E-state index in [9.17, 15) is 9.59 Å². The molecule has 0 radical (unpaired) electrons. The average Bonchev–Trinajstić information content (AvgIpc) is 3.52. The zero-order valence-electron chi connectivity index (χ0n) is 19.3. The normalized spacial score (nSPS) is 10.0. The summed E-state index contributed by atoms with van der Waals surface area (Å²) in [5.41, 5.74) is 0.878. The molecule has 0 unspecified atom stereocenters. The first-order chi connectivity index (χ1) is 16.1. The topological polar surface area (TPSA) is 150 Å². The van der Waals surface area contributed by atoms with Gasteiger partial charge in [-0.05, 0) is 37.2 Å². The Balaban J connectivity index is 0.000000331. The number of nitrogens with zero attached hydrogens (tertiary/aromatic N) is 3. The molecule has 0 aromatic carbocycles. The van der Waals surface area contributed by atoms with Crippen molar-refractivity contribution in [2.75, 3.05) is 49.6 Å². The molecule has 2 aromatic rings. The van der Waals surface area contributed by atoms with Gasteiger partial charge in [-0.2, -0.15) is 0 Å². The molecule has 0 spiro atoms. The Kier molecular flexibility index (Phi) is 16.3. The van der Waals surface area contributed by atoms with Crippen LogP contribution in [0.1, 0.15) is 26.0 Å². The van der Waals surface area contributed by atoms with E-state index in [1.165, 1.54) is 30.2 Å². The van der Waals surface area contributed by atoms with Crippen LogP contribution in [0.5, 0.6) is 0 Å². The second-order valence-electron chi connectivity index (χ2n) is 6.46. The van der Waals surface area contributed by atoms with Crippen LogP contribution in [-0.2, 0) is 6.54 Å². The first-order valence-corrected chi connectivity index (χ1v) is 12.6. The molecular formula is C19H34N8O4S2. The van der Waals surface area contributed by atoms with Gasteiger partial charge in [-0.25, -0.2) is 9.59 Å². The molecule has 4 amide bonds. The number of anilines is 1. The zero-order chi connectivity index (χ0) is 24.2. The Labute approximate surface area is 203 Å². The van der Waals surface area contributed by atoms with Gasteiger partial charge in [0.05, 0.1) is 5.69 Å². The van der Waals surface area contributed by atoms with Crippen molar-refractivity contribution in [1.82, 2.24) is 35.7 Å². The van der Waals surface area contributed by atoms with Gasteiger partial charge in [0.1, 0.15) is 12.5 Å². The Morgan fingerprint density at radius 3 is 2.30 bits per heavy atom. The molecule has 12 nitrogen and oxygen atoms in total. The highest BCUT2D eigenvalue weighted by atomic mass is 32.2. The van der Waals surface area contributed by atoms with Gasteiger partial charge in [-0.15, -0.1) is 0 Å². The van der Waals surface area contributed by atoms with E-state index in [0.717, 1.165) is 42.5 Å². The van der Waals surface area contributed by atoms with Crippen LogP contribution in [0.3, 0.4) is 0 Å². The Morgan fingerprint density at radius 2 is 1.67 bits per heavy atom. The van der Waals surface area contributed by atoms with Crippen molar-refractivity contribution in [2.24, 2.45) is 0 Å². The molecule has 0 saturated heterocycles. The molecule has 0 aliphatic rings. The third-order valence-corrected chi connectivity index (χ3v) is 5.18. The number of carbonyl (C=O) groups excluding carboxylic acids is 2. The zero-order valence-corrected chi connectivity index (χ0v) is 20.9. The third kappa shape index (κ3) is 15.0. The number of aromatic nitrogens is 2. The number of carbonyl (C=O) groups is 2. The van der Waals surface area contributed by atoms with Crippen LogP contribution < -0.4 is 30.3 Å². The smallest absolute Gasteiger partial charge is 0.324 e. The molecule has 2 aromatic heterocycles. The highest BCUT2D eigenvalue weighted by Gasteiger charge is 2.04. The van der Waals surface area contributed by atoms with E-state index in [4.69, 9.17) is 9.05 Å². The molecule has 5 N–H and O–H groups in total. The van der Waals surface area contributed by atoms with Crippen molar-refractivity contribution in [3.8, 4) is 0 Å².